The average Bonchev–Trinajstić information content (AvgIpc) is 3.18. The summed E-state index contributed by atoms with van der Waals surface area (Å²) in [5.74, 6) is -0.813. The number of hydrogen-bond donors (Lipinski definition) is 2. The van der Waals surface area contributed by atoms with Crippen molar-refractivity contribution < 1.29 is 36.7 Å². The van der Waals surface area contributed by atoms with Crippen molar-refractivity contribution in [1.82, 2.24) is 4.98 Å². The molecular formula is C22H14Cl2F3N3O5. The van der Waals surface area contributed by atoms with Crippen LogP contribution in [0.4, 0.5) is 29.3 Å². The van der Waals surface area contributed by atoms with Crippen molar-refractivity contribution in [1.29, 1.82) is 0 Å². The lowest BCUT2D eigenvalue weighted by atomic mass is 10.0. The maximum atomic E-state index is 13.5. The van der Waals surface area contributed by atoms with Gasteiger partial charge in [-0.2, -0.15) is 13.2 Å². The quantitative estimate of drug-likeness (QED) is 0.304. The number of benzene rings is 2. The third-order valence-electron chi connectivity index (χ3n) is 4.99. The van der Waals surface area contributed by atoms with Gasteiger partial charge in [-0.25, -0.2) is 4.79 Å². The van der Waals surface area contributed by atoms with Gasteiger partial charge >= 0.3 is 12.3 Å². The molecule has 0 bridgehead atoms. The molecule has 4 aromatic rings. The van der Waals surface area contributed by atoms with Crippen molar-refractivity contribution in [2.24, 2.45) is 0 Å². The van der Waals surface area contributed by atoms with Crippen molar-refractivity contribution in [2.75, 3.05) is 24.9 Å². The Labute approximate surface area is 204 Å². The van der Waals surface area contributed by atoms with Gasteiger partial charge in [0.2, 0.25) is 0 Å². The van der Waals surface area contributed by atoms with Crippen LogP contribution < -0.4 is 15.4 Å². The highest BCUT2D eigenvalue weighted by molar-refractivity contribution is 6.40. The van der Waals surface area contributed by atoms with Gasteiger partial charge in [0.25, 0.3) is 5.91 Å². The number of furan rings is 1. The molecule has 2 heterocycles. The second-order valence-electron chi connectivity index (χ2n) is 7.07. The van der Waals surface area contributed by atoms with Crippen LogP contribution in [-0.4, -0.2) is 31.2 Å². The fourth-order valence-corrected chi connectivity index (χ4v) is 3.91. The summed E-state index contributed by atoms with van der Waals surface area (Å²) < 4.78 is 56.0. The fraction of sp³-hybridized carbons (Fsp3) is 0.136. The number of carbonyl (C=O) groups excluding carboxylic acids is 2. The third kappa shape index (κ3) is 4.52. The zero-order chi connectivity index (χ0) is 25.5. The normalized spacial score (nSPS) is 11.5. The maximum Gasteiger partial charge on any atom is 0.416 e. The number of pyridine rings is 1. The van der Waals surface area contributed by atoms with E-state index in [0.717, 1.165) is 25.3 Å². The first kappa shape index (κ1) is 24.4. The molecule has 0 atom stereocenters. The van der Waals surface area contributed by atoms with E-state index in [2.05, 4.69) is 20.4 Å². The Hall–Kier alpha value is -3.70. The standard InChI is InChI=1S/C22H14Cl2F3N3O5/c1-33-15-6-13(29-21(32)34-2)17(20(31)30-18-11(23)7-28-8-12(18)24)16-10-5-9(22(25,26)27)3-4-14(10)35-19(15)16/h3-8H,1-2H3,(H,29,32)(H,28,30,31). The molecule has 0 saturated heterocycles. The van der Waals surface area contributed by atoms with Gasteiger partial charge in [-0.3, -0.25) is 15.1 Å². The second kappa shape index (κ2) is 9.16. The number of halogens is 5. The summed E-state index contributed by atoms with van der Waals surface area (Å²) in [5.41, 5.74) is -1.30. The highest BCUT2D eigenvalue weighted by atomic mass is 35.5. The summed E-state index contributed by atoms with van der Waals surface area (Å²) in [5, 5.41) is 4.82. The predicted octanol–water partition coefficient (Wildman–Crippen LogP) is 6.75. The zero-order valence-electron chi connectivity index (χ0n) is 17.8. The smallest absolute Gasteiger partial charge is 0.416 e. The van der Waals surface area contributed by atoms with Gasteiger partial charge in [0.1, 0.15) is 5.58 Å². The number of methoxy groups -OCH3 is 2. The first-order valence-electron chi connectivity index (χ1n) is 9.65. The van der Waals surface area contributed by atoms with Crippen molar-refractivity contribution in [3.63, 3.8) is 0 Å². The van der Waals surface area contributed by atoms with Crippen LogP contribution in [0.1, 0.15) is 15.9 Å². The van der Waals surface area contributed by atoms with Gasteiger partial charge in [0.05, 0.1) is 46.8 Å². The van der Waals surface area contributed by atoms with Gasteiger partial charge in [0.15, 0.2) is 11.3 Å². The highest BCUT2D eigenvalue weighted by Gasteiger charge is 2.32. The molecule has 182 valence electrons. The van der Waals surface area contributed by atoms with E-state index in [1.165, 1.54) is 25.6 Å². The lowest BCUT2D eigenvalue weighted by Gasteiger charge is -2.15. The zero-order valence-corrected chi connectivity index (χ0v) is 19.4. The molecule has 0 aliphatic carbocycles. The molecule has 35 heavy (non-hydrogen) atoms. The first-order valence-corrected chi connectivity index (χ1v) is 10.4. The highest BCUT2D eigenvalue weighted by Crippen LogP contribution is 2.43. The van der Waals surface area contributed by atoms with E-state index in [4.69, 9.17) is 32.4 Å². The van der Waals surface area contributed by atoms with Crippen LogP contribution in [0.15, 0.2) is 41.1 Å². The molecule has 0 aliphatic heterocycles. The largest absolute Gasteiger partial charge is 0.493 e. The van der Waals surface area contributed by atoms with E-state index in [1.54, 1.807) is 0 Å². The van der Waals surface area contributed by atoms with Crippen molar-refractivity contribution >= 4 is 68.5 Å². The molecule has 8 nitrogen and oxygen atoms in total. The number of rotatable bonds is 4. The topological polar surface area (TPSA) is 103 Å². The summed E-state index contributed by atoms with van der Waals surface area (Å²) in [6.07, 6.45) is -3.12. The molecule has 2 N–H and O–H groups in total. The number of nitrogens with one attached hydrogen (secondary N) is 2. The fourth-order valence-electron chi connectivity index (χ4n) is 3.45. The van der Waals surface area contributed by atoms with Crippen LogP contribution in [0, 0.1) is 0 Å². The number of ether oxygens (including phenoxy) is 2. The minimum Gasteiger partial charge on any atom is -0.493 e. The minimum atomic E-state index is -4.66. The Kier molecular flexibility index (Phi) is 6.39. The van der Waals surface area contributed by atoms with Gasteiger partial charge in [0, 0.05) is 29.2 Å². The number of fused-ring (bicyclic) bond motifs is 3. The Morgan fingerprint density at radius 3 is 2.34 bits per heavy atom. The second-order valence-corrected chi connectivity index (χ2v) is 7.88. The van der Waals surface area contributed by atoms with Crippen LogP contribution in [0.25, 0.3) is 21.9 Å². The Morgan fingerprint density at radius 1 is 1.06 bits per heavy atom. The van der Waals surface area contributed by atoms with Gasteiger partial charge in [-0.15, -0.1) is 0 Å². The van der Waals surface area contributed by atoms with Crippen LogP contribution in [-0.2, 0) is 10.9 Å². The van der Waals surface area contributed by atoms with Gasteiger partial charge in [-0.05, 0) is 18.2 Å². The summed E-state index contributed by atoms with van der Waals surface area (Å²) in [6.45, 7) is 0. The average molecular weight is 528 g/mol. The van der Waals surface area contributed by atoms with Crippen LogP contribution in [0.3, 0.4) is 0 Å². The molecule has 2 amide bonds. The number of nitrogens with zero attached hydrogens (tertiary/aromatic N) is 1. The van der Waals surface area contributed by atoms with Gasteiger partial charge < -0.3 is 19.2 Å². The van der Waals surface area contributed by atoms with Crippen LogP contribution in [0.5, 0.6) is 5.75 Å². The third-order valence-corrected chi connectivity index (χ3v) is 5.57. The molecule has 0 radical (unpaired) electrons. The molecule has 0 aliphatic rings. The molecule has 0 spiro atoms. The van der Waals surface area contributed by atoms with Gasteiger partial charge in [-0.1, -0.05) is 23.2 Å². The van der Waals surface area contributed by atoms with Crippen LogP contribution in [0.2, 0.25) is 10.0 Å². The molecule has 2 aromatic heterocycles. The van der Waals surface area contributed by atoms with E-state index >= 15 is 0 Å². The Balaban J connectivity index is 2.05. The lowest BCUT2D eigenvalue weighted by molar-refractivity contribution is -0.137. The molecule has 2 aromatic carbocycles. The van der Waals surface area contributed by atoms with E-state index in [0.29, 0.717) is 0 Å². The molecular weight excluding hydrogens is 514 g/mol. The monoisotopic (exact) mass is 527 g/mol. The molecule has 13 heteroatoms. The first-order chi connectivity index (χ1) is 16.5. The van der Waals surface area contributed by atoms with E-state index in [9.17, 15) is 22.8 Å². The number of hydrogen-bond acceptors (Lipinski definition) is 6. The number of alkyl halides is 3. The van der Waals surface area contributed by atoms with Crippen LogP contribution >= 0.6 is 23.2 Å². The van der Waals surface area contributed by atoms with Crippen molar-refractivity contribution in [3.05, 3.63) is 57.8 Å². The van der Waals surface area contributed by atoms with E-state index < -0.39 is 23.7 Å². The Morgan fingerprint density at radius 2 is 1.74 bits per heavy atom. The molecule has 0 unspecified atom stereocenters. The molecule has 0 fully saturated rings. The van der Waals surface area contributed by atoms with Crippen molar-refractivity contribution in [3.8, 4) is 5.75 Å². The summed E-state index contributed by atoms with van der Waals surface area (Å²) in [6, 6.07) is 4.09. The SMILES string of the molecule is COC(=O)Nc1cc(OC)c2oc3ccc(C(F)(F)F)cc3c2c1C(=O)Nc1c(Cl)cncc1Cl. The summed E-state index contributed by atoms with van der Waals surface area (Å²) in [4.78, 5) is 29.3. The maximum absolute atomic E-state index is 13.5. The minimum absolute atomic E-state index is 0.00472. The lowest BCUT2D eigenvalue weighted by Crippen LogP contribution is -2.19. The summed E-state index contributed by atoms with van der Waals surface area (Å²) in [7, 11) is 2.39. The molecule has 0 saturated carbocycles. The number of amides is 2. The number of carbonyl (C=O) groups is 2. The summed E-state index contributed by atoms with van der Waals surface area (Å²) >= 11 is 12.2. The Bertz CT molecular complexity index is 1470. The van der Waals surface area contributed by atoms with E-state index in [1.807, 2.05) is 0 Å². The molecule has 4 rings (SSSR count). The van der Waals surface area contributed by atoms with Crippen molar-refractivity contribution in [2.45, 2.75) is 6.18 Å². The predicted molar refractivity (Wildman–Crippen MR) is 124 cm³/mol. The van der Waals surface area contributed by atoms with E-state index in [-0.39, 0.29) is 54.7 Å². The number of aromatic nitrogens is 1. The number of anilines is 2.